The van der Waals surface area contributed by atoms with Crippen molar-refractivity contribution in [3.05, 3.63) is 39.6 Å². The second-order valence-electron chi connectivity index (χ2n) is 7.48. The zero-order chi connectivity index (χ0) is 19.1. The van der Waals surface area contributed by atoms with Crippen LogP contribution in [0.4, 0.5) is 5.69 Å². The molecule has 1 aromatic rings. The molecule has 0 saturated carbocycles. The Morgan fingerprint density at radius 2 is 1.92 bits per heavy atom. The molecule has 0 radical (unpaired) electrons. The number of amidine groups is 1. The molecule has 1 saturated heterocycles. The van der Waals surface area contributed by atoms with E-state index < -0.39 is 6.23 Å². The van der Waals surface area contributed by atoms with E-state index in [-0.39, 0.29) is 5.41 Å². The van der Waals surface area contributed by atoms with Gasteiger partial charge in [-0.15, -0.1) is 0 Å². The predicted octanol–water partition coefficient (Wildman–Crippen LogP) is 3.84. The van der Waals surface area contributed by atoms with E-state index in [0.29, 0.717) is 28.1 Å². The molecule has 2 aliphatic heterocycles. The third-order valence-corrected chi connectivity index (χ3v) is 6.36. The topological polar surface area (TPSA) is 65.1 Å². The van der Waals surface area contributed by atoms with Crippen molar-refractivity contribution < 1.29 is 5.11 Å². The smallest absolute Gasteiger partial charge is 0.158 e. The highest BCUT2D eigenvalue weighted by Gasteiger charge is 2.34. The van der Waals surface area contributed by atoms with Crippen molar-refractivity contribution in [1.29, 1.82) is 0 Å². The molecule has 1 atom stereocenters. The molecular weight excluding hydrogens is 371 g/mol. The van der Waals surface area contributed by atoms with Crippen molar-refractivity contribution in [2.75, 3.05) is 24.5 Å². The van der Waals surface area contributed by atoms with E-state index in [9.17, 15) is 5.11 Å². The van der Waals surface area contributed by atoms with Crippen LogP contribution in [0.15, 0.2) is 34.6 Å². The second kappa shape index (κ2) is 7.39. The number of nitrogens with two attached hydrogens (primary N) is 1. The monoisotopic (exact) mass is 396 g/mol. The van der Waals surface area contributed by atoms with Gasteiger partial charge in [0.05, 0.1) is 15.7 Å². The highest BCUT2D eigenvalue weighted by Crippen LogP contribution is 2.38. The maximum Gasteiger partial charge on any atom is 0.158 e. The SMILES string of the molecule is CC1=NC(N2CCC(C)(CN)CC2)=C(C)C(O)N1c1cccc(Cl)c1Cl. The summed E-state index contributed by atoms with van der Waals surface area (Å²) >= 11 is 12.5. The van der Waals surface area contributed by atoms with Crippen LogP contribution in [0.25, 0.3) is 0 Å². The molecule has 2 heterocycles. The first-order valence-electron chi connectivity index (χ1n) is 8.90. The summed E-state index contributed by atoms with van der Waals surface area (Å²) in [4.78, 5) is 8.76. The molecule has 5 nitrogen and oxygen atoms in total. The minimum atomic E-state index is -0.832. The van der Waals surface area contributed by atoms with Crippen LogP contribution in [0, 0.1) is 5.41 Å². The molecular formula is C19H26Cl2N4O. The first-order valence-corrected chi connectivity index (χ1v) is 9.65. The van der Waals surface area contributed by atoms with Gasteiger partial charge in [0.1, 0.15) is 11.7 Å². The fourth-order valence-corrected chi connectivity index (χ4v) is 3.94. The van der Waals surface area contributed by atoms with Crippen molar-refractivity contribution in [3.8, 4) is 0 Å². The average Bonchev–Trinajstić information content (AvgIpc) is 2.62. The molecule has 26 heavy (non-hydrogen) atoms. The first kappa shape index (κ1) is 19.5. The van der Waals surface area contributed by atoms with Gasteiger partial charge >= 0.3 is 0 Å². The quantitative estimate of drug-likeness (QED) is 0.814. The van der Waals surface area contributed by atoms with Crippen LogP contribution in [-0.2, 0) is 0 Å². The number of nitrogens with zero attached hydrogens (tertiary/aromatic N) is 3. The first-order chi connectivity index (χ1) is 12.3. The number of piperidine rings is 1. The Morgan fingerprint density at radius 3 is 2.54 bits per heavy atom. The average molecular weight is 397 g/mol. The maximum atomic E-state index is 11.0. The van der Waals surface area contributed by atoms with E-state index in [2.05, 4.69) is 11.8 Å². The van der Waals surface area contributed by atoms with Crippen molar-refractivity contribution in [3.63, 3.8) is 0 Å². The summed E-state index contributed by atoms with van der Waals surface area (Å²) in [6.07, 6.45) is 1.21. The van der Waals surface area contributed by atoms with Crippen molar-refractivity contribution >= 4 is 34.7 Å². The molecule has 0 spiro atoms. The second-order valence-corrected chi connectivity index (χ2v) is 8.27. The van der Waals surface area contributed by atoms with Gasteiger partial charge in [-0.2, -0.15) is 0 Å². The number of anilines is 1. The standard InChI is InChI=1S/C19H26Cl2N4O/c1-12-17(24-9-7-19(3,11-22)8-10-24)23-13(2)25(18(12)26)15-6-4-5-14(20)16(15)21/h4-6,18,26H,7-11,22H2,1-3H3. The van der Waals surface area contributed by atoms with Gasteiger partial charge in [-0.3, -0.25) is 4.90 Å². The van der Waals surface area contributed by atoms with Gasteiger partial charge in [-0.25, -0.2) is 4.99 Å². The number of likely N-dealkylation sites (tertiary alicyclic amines) is 1. The van der Waals surface area contributed by atoms with Crippen LogP contribution >= 0.6 is 23.2 Å². The molecule has 1 fully saturated rings. The highest BCUT2D eigenvalue weighted by atomic mass is 35.5. The molecule has 3 rings (SSSR count). The largest absolute Gasteiger partial charge is 0.369 e. The number of aliphatic imine (C=N–C) groups is 1. The number of hydrogen-bond donors (Lipinski definition) is 2. The van der Waals surface area contributed by atoms with E-state index in [1.54, 1.807) is 11.0 Å². The Morgan fingerprint density at radius 1 is 1.27 bits per heavy atom. The Kier molecular flexibility index (Phi) is 5.54. The minimum absolute atomic E-state index is 0.192. The molecule has 142 valence electrons. The van der Waals surface area contributed by atoms with Crippen LogP contribution in [0.2, 0.25) is 10.0 Å². The molecule has 3 N–H and O–H groups in total. The molecule has 0 bridgehead atoms. The van der Waals surface area contributed by atoms with Crippen LogP contribution < -0.4 is 10.6 Å². The van der Waals surface area contributed by atoms with Gasteiger partial charge in [-0.05, 0) is 50.8 Å². The van der Waals surface area contributed by atoms with E-state index in [0.717, 1.165) is 37.3 Å². The highest BCUT2D eigenvalue weighted by molar-refractivity contribution is 6.44. The van der Waals surface area contributed by atoms with E-state index in [1.807, 2.05) is 26.0 Å². The molecule has 1 aromatic carbocycles. The van der Waals surface area contributed by atoms with Crippen molar-refractivity contribution in [2.45, 2.75) is 39.8 Å². The van der Waals surface area contributed by atoms with Gasteiger partial charge in [0.2, 0.25) is 0 Å². The lowest BCUT2D eigenvalue weighted by Crippen LogP contribution is -2.47. The third kappa shape index (κ3) is 3.46. The zero-order valence-corrected chi connectivity index (χ0v) is 17.0. The summed E-state index contributed by atoms with van der Waals surface area (Å²) in [6.45, 7) is 8.51. The summed E-state index contributed by atoms with van der Waals surface area (Å²) in [5.41, 5.74) is 7.57. The van der Waals surface area contributed by atoms with Crippen LogP contribution in [0.3, 0.4) is 0 Å². The normalized spacial score (nSPS) is 23.3. The Bertz CT molecular complexity index is 754. The number of aliphatic hydroxyl groups excluding tert-OH is 1. The van der Waals surface area contributed by atoms with E-state index >= 15 is 0 Å². The Balaban J connectivity index is 1.88. The molecule has 0 aliphatic carbocycles. The number of benzene rings is 1. The number of halogens is 2. The van der Waals surface area contributed by atoms with Gasteiger partial charge in [0.15, 0.2) is 6.23 Å². The van der Waals surface area contributed by atoms with E-state index in [4.69, 9.17) is 33.9 Å². The number of hydrogen-bond acceptors (Lipinski definition) is 5. The zero-order valence-electron chi connectivity index (χ0n) is 15.5. The molecule has 0 aromatic heterocycles. The minimum Gasteiger partial charge on any atom is -0.369 e. The summed E-state index contributed by atoms with van der Waals surface area (Å²) in [6, 6.07) is 5.38. The number of rotatable bonds is 3. The van der Waals surface area contributed by atoms with Crippen LogP contribution in [0.5, 0.6) is 0 Å². The molecule has 1 unspecified atom stereocenters. The number of aliphatic hydroxyl groups is 1. The lowest BCUT2D eigenvalue weighted by atomic mass is 9.80. The van der Waals surface area contributed by atoms with Crippen LogP contribution in [-0.4, -0.2) is 41.7 Å². The summed E-state index contributed by atoms with van der Waals surface area (Å²) in [7, 11) is 0. The molecule has 2 aliphatic rings. The summed E-state index contributed by atoms with van der Waals surface area (Å²) in [5.74, 6) is 1.54. The van der Waals surface area contributed by atoms with Gasteiger partial charge < -0.3 is 15.7 Å². The molecule has 0 amide bonds. The third-order valence-electron chi connectivity index (χ3n) is 5.55. The fourth-order valence-electron chi connectivity index (χ4n) is 3.55. The van der Waals surface area contributed by atoms with Gasteiger partial charge in [0, 0.05) is 18.7 Å². The lowest BCUT2D eigenvalue weighted by Gasteiger charge is -2.43. The van der Waals surface area contributed by atoms with E-state index in [1.165, 1.54) is 0 Å². The fraction of sp³-hybridized carbons (Fsp3) is 0.526. The summed E-state index contributed by atoms with van der Waals surface area (Å²) in [5, 5.41) is 11.8. The summed E-state index contributed by atoms with van der Waals surface area (Å²) < 4.78 is 0. The predicted molar refractivity (Wildman–Crippen MR) is 109 cm³/mol. The lowest BCUT2D eigenvalue weighted by molar-refractivity contribution is 0.143. The van der Waals surface area contributed by atoms with Gasteiger partial charge in [-0.1, -0.05) is 36.2 Å². The van der Waals surface area contributed by atoms with Crippen molar-refractivity contribution in [2.24, 2.45) is 16.1 Å². The molecule has 7 heteroatoms. The Labute approximate surface area is 165 Å². The Hall–Kier alpha value is -1.27. The van der Waals surface area contributed by atoms with Crippen molar-refractivity contribution in [1.82, 2.24) is 4.90 Å². The van der Waals surface area contributed by atoms with Gasteiger partial charge in [0.25, 0.3) is 0 Å². The maximum absolute atomic E-state index is 11.0. The van der Waals surface area contributed by atoms with Crippen LogP contribution in [0.1, 0.15) is 33.6 Å².